The Balaban J connectivity index is 3.42. The van der Waals surface area contributed by atoms with Crippen LogP contribution >= 0.6 is 11.6 Å². The zero-order valence-electron chi connectivity index (χ0n) is 10.9. The van der Waals surface area contributed by atoms with Crippen molar-refractivity contribution in [2.24, 2.45) is 0 Å². The summed E-state index contributed by atoms with van der Waals surface area (Å²) in [6.07, 6.45) is 0.150. The fourth-order valence-corrected chi connectivity index (χ4v) is 3.25. The molecule has 0 amide bonds. The van der Waals surface area contributed by atoms with Crippen LogP contribution in [0.4, 0.5) is 0 Å². The summed E-state index contributed by atoms with van der Waals surface area (Å²) in [4.78, 5) is 10.9. The highest BCUT2D eigenvalue weighted by Crippen LogP contribution is 2.32. The fraction of sp³-hybridized carbons (Fsp3) is 0.308. The number of rotatable bonds is 5. The first kappa shape index (κ1) is 16.3. The number of methoxy groups -OCH3 is 1. The SMILES string of the molecule is CC#CCCS(=O)(=O)c1cc(Cl)cc(C(=O)O)c1OC. The number of hydrogen-bond donors (Lipinski definition) is 1. The van der Waals surface area contributed by atoms with Gasteiger partial charge in [-0.2, -0.15) is 0 Å². The van der Waals surface area contributed by atoms with Crippen LogP contribution in [0.25, 0.3) is 0 Å². The summed E-state index contributed by atoms with van der Waals surface area (Å²) in [6, 6.07) is 2.33. The molecule has 0 heterocycles. The highest BCUT2D eigenvalue weighted by atomic mass is 35.5. The molecule has 0 spiro atoms. The highest BCUT2D eigenvalue weighted by molar-refractivity contribution is 7.91. The predicted octanol–water partition coefficient (Wildman–Crippen LogP) is 2.23. The predicted molar refractivity (Wildman–Crippen MR) is 75.1 cm³/mol. The van der Waals surface area contributed by atoms with E-state index in [1.54, 1.807) is 6.92 Å². The first-order valence-corrected chi connectivity index (χ1v) is 7.59. The van der Waals surface area contributed by atoms with E-state index in [1.165, 1.54) is 13.2 Å². The first-order chi connectivity index (χ1) is 9.33. The molecule has 0 saturated heterocycles. The molecule has 20 heavy (non-hydrogen) atoms. The lowest BCUT2D eigenvalue weighted by atomic mass is 10.2. The van der Waals surface area contributed by atoms with E-state index in [9.17, 15) is 13.2 Å². The van der Waals surface area contributed by atoms with Crippen LogP contribution in [-0.2, 0) is 9.84 Å². The molecule has 0 aliphatic heterocycles. The lowest BCUT2D eigenvalue weighted by Gasteiger charge is -2.12. The van der Waals surface area contributed by atoms with Crippen molar-refractivity contribution in [1.82, 2.24) is 0 Å². The summed E-state index contributed by atoms with van der Waals surface area (Å²) in [5.41, 5.74) is -0.292. The van der Waals surface area contributed by atoms with Gasteiger partial charge in [0.2, 0.25) is 0 Å². The number of ether oxygens (including phenoxy) is 1. The van der Waals surface area contributed by atoms with E-state index in [0.29, 0.717) is 0 Å². The Morgan fingerprint density at radius 3 is 2.60 bits per heavy atom. The third-order valence-corrected chi connectivity index (χ3v) is 4.39. The van der Waals surface area contributed by atoms with Crippen LogP contribution in [0, 0.1) is 11.8 Å². The second-order valence-corrected chi connectivity index (χ2v) is 6.30. The van der Waals surface area contributed by atoms with Crippen LogP contribution < -0.4 is 4.74 Å². The van der Waals surface area contributed by atoms with Gasteiger partial charge in [0.25, 0.3) is 0 Å². The molecular formula is C13H13ClO5S. The van der Waals surface area contributed by atoms with E-state index in [1.807, 2.05) is 0 Å². The van der Waals surface area contributed by atoms with E-state index in [2.05, 4.69) is 11.8 Å². The van der Waals surface area contributed by atoms with Crippen molar-refractivity contribution >= 4 is 27.4 Å². The molecule has 1 rings (SSSR count). The summed E-state index contributed by atoms with van der Waals surface area (Å²) in [5.74, 6) is 3.48. The highest BCUT2D eigenvalue weighted by Gasteiger charge is 2.25. The van der Waals surface area contributed by atoms with Gasteiger partial charge in [-0.05, 0) is 19.1 Å². The third-order valence-electron chi connectivity index (χ3n) is 2.46. The largest absolute Gasteiger partial charge is 0.494 e. The number of sulfone groups is 1. The van der Waals surface area contributed by atoms with Gasteiger partial charge in [-0.25, -0.2) is 13.2 Å². The van der Waals surface area contributed by atoms with Gasteiger partial charge >= 0.3 is 5.97 Å². The van der Waals surface area contributed by atoms with Crippen molar-refractivity contribution in [2.75, 3.05) is 12.9 Å². The molecule has 5 nitrogen and oxygen atoms in total. The van der Waals surface area contributed by atoms with Gasteiger partial charge in [0.05, 0.1) is 12.9 Å². The number of halogens is 1. The summed E-state index contributed by atoms with van der Waals surface area (Å²) in [6.45, 7) is 1.61. The Morgan fingerprint density at radius 2 is 2.10 bits per heavy atom. The monoisotopic (exact) mass is 316 g/mol. The Morgan fingerprint density at radius 1 is 1.45 bits per heavy atom. The molecule has 1 N–H and O–H groups in total. The summed E-state index contributed by atoms with van der Waals surface area (Å²) < 4.78 is 29.4. The third kappa shape index (κ3) is 3.65. The van der Waals surface area contributed by atoms with Crippen molar-refractivity contribution in [2.45, 2.75) is 18.2 Å². The topological polar surface area (TPSA) is 80.7 Å². The van der Waals surface area contributed by atoms with Crippen LogP contribution in [0.1, 0.15) is 23.7 Å². The number of carbonyl (C=O) groups is 1. The van der Waals surface area contributed by atoms with Crippen molar-refractivity contribution < 1.29 is 23.1 Å². The molecule has 108 valence electrons. The van der Waals surface area contributed by atoms with Crippen molar-refractivity contribution in [1.29, 1.82) is 0 Å². The maximum absolute atomic E-state index is 12.2. The van der Waals surface area contributed by atoms with Gasteiger partial charge < -0.3 is 9.84 Å². The first-order valence-electron chi connectivity index (χ1n) is 5.56. The molecule has 0 unspecified atom stereocenters. The molecule has 0 aliphatic carbocycles. The van der Waals surface area contributed by atoms with Crippen molar-refractivity contribution in [3.05, 3.63) is 22.7 Å². The van der Waals surface area contributed by atoms with Gasteiger partial charge in [0, 0.05) is 11.4 Å². The molecule has 0 atom stereocenters. The molecule has 0 aromatic heterocycles. The minimum Gasteiger partial charge on any atom is -0.494 e. The van der Waals surface area contributed by atoms with E-state index < -0.39 is 15.8 Å². The number of carboxylic acids is 1. The van der Waals surface area contributed by atoms with Gasteiger partial charge in [-0.1, -0.05) is 11.6 Å². The number of aromatic carboxylic acids is 1. The number of hydrogen-bond acceptors (Lipinski definition) is 4. The summed E-state index contributed by atoms with van der Waals surface area (Å²) in [5, 5.41) is 9.09. The minimum atomic E-state index is -3.73. The maximum atomic E-state index is 12.2. The summed E-state index contributed by atoms with van der Waals surface area (Å²) >= 11 is 5.78. The number of carboxylic acid groups (broad SMARTS) is 1. The molecule has 1 aromatic rings. The van der Waals surface area contributed by atoms with Crippen LogP contribution in [0.2, 0.25) is 5.02 Å². The minimum absolute atomic E-state index is 0.0170. The molecule has 0 saturated carbocycles. The lowest BCUT2D eigenvalue weighted by molar-refractivity contribution is 0.0693. The Kier molecular flexibility index (Phi) is 5.43. The second-order valence-electron chi connectivity index (χ2n) is 3.79. The average molecular weight is 317 g/mol. The molecular weight excluding hydrogens is 304 g/mol. The molecule has 0 radical (unpaired) electrons. The molecule has 0 bridgehead atoms. The smallest absolute Gasteiger partial charge is 0.339 e. The van der Waals surface area contributed by atoms with E-state index in [0.717, 1.165) is 6.07 Å². The van der Waals surface area contributed by atoms with Crippen LogP contribution in [0.3, 0.4) is 0 Å². The van der Waals surface area contributed by atoms with Gasteiger partial charge in [0.15, 0.2) is 15.6 Å². The zero-order valence-corrected chi connectivity index (χ0v) is 12.5. The van der Waals surface area contributed by atoms with Gasteiger partial charge in [0.1, 0.15) is 10.5 Å². The molecule has 0 aliphatic rings. The van der Waals surface area contributed by atoms with E-state index in [-0.39, 0.29) is 33.4 Å². The van der Waals surface area contributed by atoms with E-state index >= 15 is 0 Å². The number of benzene rings is 1. The van der Waals surface area contributed by atoms with Gasteiger partial charge in [-0.3, -0.25) is 0 Å². The zero-order chi connectivity index (χ0) is 15.3. The summed E-state index contributed by atoms with van der Waals surface area (Å²) in [7, 11) is -2.52. The fourth-order valence-electron chi connectivity index (χ4n) is 1.59. The standard InChI is InChI=1S/C13H13ClO5S/c1-3-4-5-6-20(17,18)11-8-9(14)7-10(13(15)16)12(11)19-2/h7-8H,5-6H2,1-2H3,(H,15,16). The molecule has 7 heteroatoms. The quantitative estimate of drug-likeness (QED) is 0.843. The Bertz CT molecular complexity index is 683. The van der Waals surface area contributed by atoms with E-state index in [4.69, 9.17) is 21.4 Å². The Hall–Kier alpha value is -1.71. The van der Waals surface area contributed by atoms with Crippen molar-refractivity contribution in [3.63, 3.8) is 0 Å². The lowest BCUT2D eigenvalue weighted by Crippen LogP contribution is -2.11. The second kappa shape index (κ2) is 6.64. The van der Waals surface area contributed by atoms with Gasteiger partial charge in [-0.15, -0.1) is 11.8 Å². The maximum Gasteiger partial charge on any atom is 0.339 e. The van der Waals surface area contributed by atoms with Crippen LogP contribution in [0.15, 0.2) is 17.0 Å². The Labute approximate surface area is 122 Å². The molecule has 1 aromatic carbocycles. The van der Waals surface area contributed by atoms with Crippen LogP contribution in [-0.4, -0.2) is 32.4 Å². The average Bonchev–Trinajstić information content (AvgIpc) is 2.37. The normalized spacial score (nSPS) is 10.6. The van der Waals surface area contributed by atoms with Crippen LogP contribution in [0.5, 0.6) is 5.75 Å². The molecule has 0 fully saturated rings. The van der Waals surface area contributed by atoms with Crippen molar-refractivity contribution in [3.8, 4) is 17.6 Å².